The molecule has 0 saturated heterocycles. The molecule has 106 valence electrons. The van der Waals surface area contributed by atoms with Gasteiger partial charge in [0.15, 0.2) is 0 Å². The molecule has 0 unspecified atom stereocenters. The van der Waals surface area contributed by atoms with Crippen molar-refractivity contribution in [3.8, 4) is 0 Å². The van der Waals surface area contributed by atoms with Crippen LogP contribution in [-0.2, 0) is 13.1 Å². The van der Waals surface area contributed by atoms with Gasteiger partial charge in [-0.15, -0.1) is 0 Å². The average molecular weight is 317 g/mol. The Morgan fingerprint density at radius 3 is 2.48 bits per heavy atom. The molecule has 0 amide bonds. The predicted molar refractivity (Wildman–Crippen MR) is 88.7 cm³/mol. The molecule has 0 atom stereocenters. The lowest BCUT2D eigenvalue weighted by atomic mass is 10.1. The van der Waals surface area contributed by atoms with Crippen molar-refractivity contribution in [2.24, 2.45) is 0 Å². The highest BCUT2D eigenvalue weighted by Gasteiger charge is 2.05. The maximum absolute atomic E-state index is 6.19. The third kappa shape index (κ3) is 3.18. The number of aromatic nitrogens is 1. The molecule has 0 saturated carbocycles. The van der Waals surface area contributed by atoms with Crippen LogP contribution in [0.1, 0.15) is 11.1 Å². The molecule has 4 heteroatoms. The maximum Gasteiger partial charge on any atom is 0.0746 e. The number of rotatable bonds is 4. The van der Waals surface area contributed by atoms with Gasteiger partial charge in [0.25, 0.3) is 0 Å². The van der Waals surface area contributed by atoms with Gasteiger partial charge in [-0.05, 0) is 23.3 Å². The lowest BCUT2D eigenvalue weighted by molar-refractivity contribution is 0.696. The number of pyridine rings is 1. The Morgan fingerprint density at radius 1 is 0.857 bits per heavy atom. The van der Waals surface area contributed by atoms with Crippen molar-refractivity contribution in [3.05, 3.63) is 75.9 Å². The molecule has 0 fully saturated rings. The van der Waals surface area contributed by atoms with Crippen LogP contribution in [0.15, 0.2) is 54.7 Å². The molecule has 1 heterocycles. The van der Waals surface area contributed by atoms with E-state index in [9.17, 15) is 0 Å². The van der Waals surface area contributed by atoms with E-state index in [-0.39, 0.29) is 0 Å². The van der Waals surface area contributed by atoms with E-state index >= 15 is 0 Å². The van der Waals surface area contributed by atoms with Crippen LogP contribution in [0.25, 0.3) is 10.9 Å². The van der Waals surface area contributed by atoms with Crippen molar-refractivity contribution in [3.63, 3.8) is 0 Å². The van der Waals surface area contributed by atoms with E-state index in [1.807, 2.05) is 30.5 Å². The van der Waals surface area contributed by atoms with E-state index in [1.165, 1.54) is 5.56 Å². The number of nitrogens with one attached hydrogen (secondary N) is 1. The summed E-state index contributed by atoms with van der Waals surface area (Å²) >= 11 is 12.2. The summed E-state index contributed by atoms with van der Waals surface area (Å²) in [4.78, 5) is 4.45. The molecule has 0 aliphatic rings. The van der Waals surface area contributed by atoms with Gasteiger partial charge in [0.1, 0.15) is 0 Å². The highest BCUT2D eigenvalue weighted by Crippen LogP contribution is 2.25. The number of halogens is 2. The topological polar surface area (TPSA) is 24.9 Å². The maximum atomic E-state index is 6.19. The SMILES string of the molecule is Clc1cccc(CNCc2cccc3cccnc23)c1Cl. The molecule has 2 aromatic carbocycles. The third-order valence-corrected chi connectivity index (χ3v) is 4.24. The van der Waals surface area contributed by atoms with Gasteiger partial charge < -0.3 is 5.32 Å². The van der Waals surface area contributed by atoms with Gasteiger partial charge in [-0.1, -0.05) is 59.6 Å². The predicted octanol–water partition coefficient (Wildman–Crippen LogP) is 4.83. The Hall–Kier alpha value is -1.61. The van der Waals surface area contributed by atoms with Crippen molar-refractivity contribution in [1.82, 2.24) is 10.3 Å². The molecule has 21 heavy (non-hydrogen) atoms. The fraction of sp³-hybridized carbons (Fsp3) is 0.118. The van der Waals surface area contributed by atoms with E-state index in [0.29, 0.717) is 16.6 Å². The molecular weight excluding hydrogens is 303 g/mol. The summed E-state index contributed by atoms with van der Waals surface area (Å²) in [6.07, 6.45) is 1.82. The number of benzene rings is 2. The van der Waals surface area contributed by atoms with Crippen LogP contribution in [-0.4, -0.2) is 4.98 Å². The second-order valence-electron chi connectivity index (χ2n) is 4.81. The van der Waals surface area contributed by atoms with Crippen LogP contribution in [0.3, 0.4) is 0 Å². The quantitative estimate of drug-likeness (QED) is 0.745. The van der Waals surface area contributed by atoms with Gasteiger partial charge >= 0.3 is 0 Å². The molecule has 3 aromatic rings. The molecule has 2 nitrogen and oxygen atoms in total. The Morgan fingerprint density at radius 2 is 1.57 bits per heavy atom. The number of para-hydroxylation sites is 1. The first-order chi connectivity index (χ1) is 10.3. The Bertz CT molecular complexity index is 766. The summed E-state index contributed by atoms with van der Waals surface area (Å²) in [6.45, 7) is 1.40. The zero-order valence-electron chi connectivity index (χ0n) is 11.3. The van der Waals surface area contributed by atoms with Crippen molar-refractivity contribution in [2.45, 2.75) is 13.1 Å². The molecule has 0 bridgehead atoms. The van der Waals surface area contributed by atoms with E-state index in [4.69, 9.17) is 23.2 Å². The standard InChI is InChI=1S/C17H14Cl2N2/c18-15-8-2-5-13(16(15)19)10-20-11-14-6-1-4-12-7-3-9-21-17(12)14/h1-9,20H,10-11H2. The first kappa shape index (κ1) is 14.3. The van der Waals surface area contributed by atoms with Crippen molar-refractivity contribution < 1.29 is 0 Å². The molecule has 0 radical (unpaired) electrons. The Labute approximate surface area is 133 Å². The van der Waals surface area contributed by atoms with Gasteiger partial charge in [-0.3, -0.25) is 4.98 Å². The zero-order chi connectivity index (χ0) is 14.7. The Balaban J connectivity index is 1.74. The van der Waals surface area contributed by atoms with Gasteiger partial charge in [-0.2, -0.15) is 0 Å². The molecule has 0 aliphatic heterocycles. The van der Waals surface area contributed by atoms with Crippen LogP contribution in [0.2, 0.25) is 10.0 Å². The van der Waals surface area contributed by atoms with Gasteiger partial charge in [0.05, 0.1) is 15.6 Å². The largest absolute Gasteiger partial charge is 0.308 e. The van der Waals surface area contributed by atoms with Crippen LogP contribution in [0.5, 0.6) is 0 Å². The molecule has 3 rings (SSSR count). The summed E-state index contributed by atoms with van der Waals surface area (Å²) < 4.78 is 0. The minimum atomic E-state index is 0.586. The average Bonchev–Trinajstić information content (AvgIpc) is 2.52. The minimum absolute atomic E-state index is 0.586. The van der Waals surface area contributed by atoms with Crippen LogP contribution in [0, 0.1) is 0 Å². The summed E-state index contributed by atoms with van der Waals surface area (Å²) in [5.74, 6) is 0. The molecule has 0 spiro atoms. The fourth-order valence-corrected chi connectivity index (χ4v) is 2.71. The normalized spacial score (nSPS) is 11.0. The molecule has 1 aromatic heterocycles. The summed E-state index contributed by atoms with van der Waals surface area (Å²) in [5.41, 5.74) is 3.20. The number of hydrogen-bond acceptors (Lipinski definition) is 2. The van der Waals surface area contributed by atoms with Crippen LogP contribution < -0.4 is 5.32 Å². The minimum Gasteiger partial charge on any atom is -0.308 e. The number of hydrogen-bond donors (Lipinski definition) is 1. The van der Waals surface area contributed by atoms with Crippen molar-refractivity contribution in [2.75, 3.05) is 0 Å². The number of nitrogens with zero attached hydrogens (tertiary/aromatic N) is 1. The molecule has 0 aliphatic carbocycles. The highest BCUT2D eigenvalue weighted by atomic mass is 35.5. The monoisotopic (exact) mass is 316 g/mol. The van der Waals surface area contributed by atoms with Crippen molar-refractivity contribution >= 4 is 34.1 Å². The highest BCUT2D eigenvalue weighted by molar-refractivity contribution is 6.42. The van der Waals surface area contributed by atoms with Gasteiger partial charge in [0, 0.05) is 24.7 Å². The second-order valence-corrected chi connectivity index (χ2v) is 5.59. The first-order valence-electron chi connectivity index (χ1n) is 6.72. The lowest BCUT2D eigenvalue weighted by Gasteiger charge is -2.09. The van der Waals surface area contributed by atoms with Crippen molar-refractivity contribution in [1.29, 1.82) is 0 Å². The van der Waals surface area contributed by atoms with E-state index in [1.54, 1.807) is 6.07 Å². The third-order valence-electron chi connectivity index (χ3n) is 3.38. The first-order valence-corrected chi connectivity index (χ1v) is 7.47. The smallest absolute Gasteiger partial charge is 0.0746 e. The fourth-order valence-electron chi connectivity index (χ4n) is 2.33. The molecule has 1 N–H and O–H groups in total. The Kier molecular flexibility index (Phi) is 4.39. The molecular formula is C17H14Cl2N2. The summed E-state index contributed by atoms with van der Waals surface area (Å²) in [6, 6.07) is 15.9. The van der Waals surface area contributed by atoms with E-state index < -0.39 is 0 Å². The van der Waals surface area contributed by atoms with Crippen LogP contribution >= 0.6 is 23.2 Å². The number of fused-ring (bicyclic) bond motifs is 1. The zero-order valence-corrected chi connectivity index (χ0v) is 12.8. The van der Waals surface area contributed by atoms with Gasteiger partial charge in [-0.25, -0.2) is 0 Å². The van der Waals surface area contributed by atoms with Crippen LogP contribution in [0.4, 0.5) is 0 Å². The van der Waals surface area contributed by atoms with E-state index in [2.05, 4.69) is 28.5 Å². The van der Waals surface area contributed by atoms with E-state index in [0.717, 1.165) is 23.0 Å². The summed E-state index contributed by atoms with van der Waals surface area (Å²) in [7, 11) is 0. The lowest BCUT2D eigenvalue weighted by Crippen LogP contribution is -2.13. The summed E-state index contributed by atoms with van der Waals surface area (Å²) in [5, 5.41) is 5.75. The van der Waals surface area contributed by atoms with Gasteiger partial charge in [0.2, 0.25) is 0 Å². The second kappa shape index (κ2) is 6.44.